The van der Waals surface area contributed by atoms with Gasteiger partial charge in [-0.2, -0.15) is 0 Å². The zero-order chi connectivity index (χ0) is 21.0. The Kier molecular flexibility index (Phi) is 6.21. The van der Waals surface area contributed by atoms with Crippen LogP contribution in [0.15, 0.2) is 48.5 Å². The van der Waals surface area contributed by atoms with Crippen LogP contribution in [0.25, 0.3) is 0 Å². The molecule has 0 heterocycles. The fourth-order valence-corrected chi connectivity index (χ4v) is 3.01. The Hall–Kier alpha value is -3.30. The van der Waals surface area contributed by atoms with Gasteiger partial charge in [0.2, 0.25) is 0 Å². The van der Waals surface area contributed by atoms with E-state index in [-0.39, 0.29) is 5.56 Å². The van der Waals surface area contributed by atoms with Gasteiger partial charge in [0.25, 0.3) is 0 Å². The number of rotatable bonds is 1. The fourth-order valence-electron chi connectivity index (χ4n) is 3.01. The van der Waals surface area contributed by atoms with Gasteiger partial charge < -0.3 is 0 Å². The summed E-state index contributed by atoms with van der Waals surface area (Å²) >= 11 is 0. The maximum atomic E-state index is 13.9. The molecular formula is C26H20BF2. The minimum Gasteiger partial charge on any atom is -0.206 e. The second kappa shape index (κ2) is 8.81. The lowest BCUT2D eigenvalue weighted by Gasteiger charge is -2.06. The Labute approximate surface area is 172 Å². The highest BCUT2D eigenvalue weighted by Crippen LogP contribution is 2.14. The van der Waals surface area contributed by atoms with E-state index in [9.17, 15) is 8.78 Å². The first-order chi connectivity index (χ1) is 13.9. The normalized spacial score (nSPS) is 9.86. The molecule has 0 nitrogen and oxygen atoms in total. The zero-order valence-electron chi connectivity index (χ0n) is 17.0. The molecule has 0 atom stereocenters. The van der Waals surface area contributed by atoms with Crippen LogP contribution in [0.5, 0.6) is 0 Å². The van der Waals surface area contributed by atoms with Crippen molar-refractivity contribution in [3.63, 3.8) is 0 Å². The first kappa shape index (κ1) is 20.4. The van der Waals surface area contributed by atoms with Crippen molar-refractivity contribution in [2.75, 3.05) is 0 Å². The monoisotopic (exact) mass is 381 g/mol. The van der Waals surface area contributed by atoms with Crippen LogP contribution in [0, 0.1) is 56.1 Å². The summed E-state index contributed by atoms with van der Waals surface area (Å²) in [6, 6.07) is 14.1. The highest BCUT2D eigenvalue weighted by Gasteiger charge is 2.07. The molecule has 0 aliphatic heterocycles. The summed E-state index contributed by atoms with van der Waals surface area (Å²) in [4.78, 5) is 0. The number of benzene rings is 3. The molecule has 0 bridgehead atoms. The van der Waals surface area contributed by atoms with Crippen LogP contribution in [0.1, 0.15) is 38.9 Å². The van der Waals surface area contributed by atoms with Gasteiger partial charge in [0.15, 0.2) is 0 Å². The molecule has 3 aromatic carbocycles. The number of halogens is 2. The average molecular weight is 381 g/mol. The van der Waals surface area contributed by atoms with Crippen molar-refractivity contribution in [1.29, 1.82) is 0 Å². The fraction of sp³-hybridized carbons (Fsp3) is 0.154. The van der Waals surface area contributed by atoms with Gasteiger partial charge in [0, 0.05) is 16.7 Å². The van der Waals surface area contributed by atoms with Crippen molar-refractivity contribution in [2.45, 2.75) is 27.6 Å². The van der Waals surface area contributed by atoms with Crippen molar-refractivity contribution in [1.82, 2.24) is 0 Å². The summed E-state index contributed by atoms with van der Waals surface area (Å²) in [5, 5.41) is 0. The smallest absolute Gasteiger partial charge is 0.148 e. The van der Waals surface area contributed by atoms with Gasteiger partial charge in [-0.3, -0.25) is 0 Å². The third kappa shape index (κ3) is 4.95. The summed E-state index contributed by atoms with van der Waals surface area (Å²) in [6.45, 7) is 7.80. The summed E-state index contributed by atoms with van der Waals surface area (Å²) in [5.74, 6) is 10.5. The standard InChI is InChI=1S/C26H20BF2/c1-17-13-25(28)23(26(29)14-17)12-10-21-7-5-20(6-8-21)9-11-22-15-19(3)24(27-4)16-18(22)2/h5-8,13-16H,1-4H3. The van der Waals surface area contributed by atoms with Crippen molar-refractivity contribution in [2.24, 2.45) is 0 Å². The molecule has 0 saturated heterocycles. The first-order valence-electron chi connectivity index (χ1n) is 9.37. The Morgan fingerprint density at radius 2 is 1.24 bits per heavy atom. The van der Waals surface area contributed by atoms with Crippen molar-refractivity contribution >= 4 is 12.7 Å². The Balaban J connectivity index is 1.82. The van der Waals surface area contributed by atoms with Crippen LogP contribution in [-0.2, 0) is 0 Å². The molecule has 3 rings (SSSR count). The molecule has 0 saturated carbocycles. The lowest BCUT2D eigenvalue weighted by atomic mass is 9.70. The molecule has 3 heteroatoms. The topological polar surface area (TPSA) is 0 Å². The summed E-state index contributed by atoms with van der Waals surface area (Å²) < 4.78 is 27.8. The van der Waals surface area contributed by atoms with Crippen LogP contribution in [0.2, 0.25) is 6.82 Å². The van der Waals surface area contributed by atoms with Crippen molar-refractivity contribution < 1.29 is 8.78 Å². The van der Waals surface area contributed by atoms with Gasteiger partial charge in [0.1, 0.15) is 18.9 Å². The van der Waals surface area contributed by atoms with E-state index >= 15 is 0 Å². The number of hydrogen-bond donors (Lipinski definition) is 0. The lowest BCUT2D eigenvalue weighted by molar-refractivity contribution is 0.575. The van der Waals surface area contributed by atoms with E-state index in [2.05, 4.69) is 56.9 Å². The molecule has 0 aliphatic rings. The predicted octanol–water partition coefficient (Wildman–Crippen LogP) is 5.07. The third-order valence-corrected chi connectivity index (χ3v) is 4.67. The van der Waals surface area contributed by atoms with Crippen LogP contribution >= 0.6 is 0 Å². The first-order valence-corrected chi connectivity index (χ1v) is 9.37. The van der Waals surface area contributed by atoms with Gasteiger partial charge in [0.05, 0.1) is 5.56 Å². The average Bonchev–Trinajstić information content (AvgIpc) is 2.68. The molecule has 0 amide bonds. The van der Waals surface area contributed by atoms with Gasteiger partial charge in [-0.25, -0.2) is 8.78 Å². The summed E-state index contributed by atoms with van der Waals surface area (Å²) in [5.41, 5.74) is 6.40. The van der Waals surface area contributed by atoms with E-state index in [4.69, 9.17) is 0 Å². The van der Waals surface area contributed by atoms with Gasteiger partial charge >= 0.3 is 0 Å². The van der Waals surface area contributed by atoms with Crippen LogP contribution in [0.4, 0.5) is 8.78 Å². The zero-order valence-corrected chi connectivity index (χ0v) is 17.0. The van der Waals surface area contributed by atoms with E-state index in [1.807, 2.05) is 19.0 Å². The van der Waals surface area contributed by atoms with Crippen molar-refractivity contribution in [3.05, 3.63) is 99.1 Å². The minimum atomic E-state index is -0.644. The molecule has 29 heavy (non-hydrogen) atoms. The van der Waals surface area contributed by atoms with Gasteiger partial charge in [-0.15, -0.1) is 0 Å². The van der Waals surface area contributed by atoms with E-state index < -0.39 is 11.6 Å². The summed E-state index contributed by atoms with van der Waals surface area (Å²) in [6.07, 6.45) is 0. The molecule has 0 aromatic heterocycles. The van der Waals surface area contributed by atoms with E-state index in [0.29, 0.717) is 11.1 Å². The van der Waals surface area contributed by atoms with E-state index in [1.165, 1.54) is 23.2 Å². The SMILES string of the molecule is C[B]c1cc(C)c(C#Cc2ccc(C#Cc3c(F)cc(C)cc3F)cc2)cc1C. The number of aryl methyl sites for hydroxylation is 3. The maximum absolute atomic E-state index is 13.9. The second-order valence-electron chi connectivity index (χ2n) is 6.99. The van der Waals surface area contributed by atoms with Crippen LogP contribution < -0.4 is 5.46 Å². The predicted molar refractivity (Wildman–Crippen MR) is 117 cm³/mol. The van der Waals surface area contributed by atoms with E-state index in [0.717, 1.165) is 16.7 Å². The Morgan fingerprint density at radius 1 is 0.690 bits per heavy atom. The second-order valence-corrected chi connectivity index (χ2v) is 6.99. The molecule has 0 N–H and O–H groups in total. The maximum Gasteiger partial charge on any atom is 0.148 e. The molecule has 141 valence electrons. The molecule has 1 radical (unpaired) electrons. The molecule has 0 unspecified atom stereocenters. The summed E-state index contributed by atoms with van der Waals surface area (Å²) in [7, 11) is 2.09. The molecule has 0 fully saturated rings. The van der Waals surface area contributed by atoms with Crippen molar-refractivity contribution in [3.8, 4) is 23.7 Å². The van der Waals surface area contributed by atoms with Gasteiger partial charge in [-0.05, 0) is 74.4 Å². The Bertz CT molecular complexity index is 1160. The highest BCUT2D eigenvalue weighted by molar-refractivity contribution is 6.52. The lowest BCUT2D eigenvalue weighted by Crippen LogP contribution is -2.15. The third-order valence-electron chi connectivity index (χ3n) is 4.67. The van der Waals surface area contributed by atoms with E-state index in [1.54, 1.807) is 19.1 Å². The van der Waals surface area contributed by atoms with Crippen LogP contribution in [0.3, 0.4) is 0 Å². The largest absolute Gasteiger partial charge is 0.206 e. The highest BCUT2D eigenvalue weighted by atomic mass is 19.1. The minimum absolute atomic E-state index is 0.210. The quantitative estimate of drug-likeness (QED) is 0.408. The van der Waals surface area contributed by atoms with Crippen LogP contribution in [-0.4, -0.2) is 7.28 Å². The number of hydrogen-bond acceptors (Lipinski definition) is 0. The molecule has 0 spiro atoms. The molecule has 3 aromatic rings. The molecular weight excluding hydrogens is 361 g/mol. The Morgan fingerprint density at radius 3 is 1.79 bits per heavy atom. The molecule has 0 aliphatic carbocycles. The van der Waals surface area contributed by atoms with Gasteiger partial charge in [-0.1, -0.05) is 47.6 Å².